The lowest BCUT2D eigenvalue weighted by Crippen LogP contribution is -2.33. The number of aromatic hydroxyl groups is 1. The molecule has 2 aliphatic rings. The summed E-state index contributed by atoms with van der Waals surface area (Å²) >= 11 is 6.07. The monoisotopic (exact) mass is 401 g/mol. The van der Waals surface area contributed by atoms with E-state index in [0.29, 0.717) is 29.3 Å². The molecule has 1 saturated heterocycles. The number of phenols is 1. The number of nitrogens with zero attached hydrogens (tertiary/aromatic N) is 1. The van der Waals surface area contributed by atoms with Gasteiger partial charge in [0.1, 0.15) is 17.3 Å². The van der Waals surface area contributed by atoms with E-state index >= 15 is 0 Å². The van der Waals surface area contributed by atoms with Gasteiger partial charge in [-0.05, 0) is 55.6 Å². The Kier molecular flexibility index (Phi) is 5.13. The molecule has 0 saturated carbocycles. The summed E-state index contributed by atoms with van der Waals surface area (Å²) in [5.41, 5.74) is 1.07. The molecule has 4 nitrogen and oxygen atoms in total. The number of benzene rings is 2. The Bertz CT molecular complexity index is 952. The Morgan fingerprint density at radius 3 is 2.93 bits per heavy atom. The zero-order chi connectivity index (χ0) is 19.8. The number of carbonyl (C=O) groups is 1. The van der Waals surface area contributed by atoms with E-state index in [9.17, 15) is 14.3 Å². The summed E-state index contributed by atoms with van der Waals surface area (Å²) in [6.07, 6.45) is 3.62. The molecular weight excluding hydrogens is 381 g/mol. The molecule has 2 aromatic carbocycles. The van der Waals surface area contributed by atoms with Crippen LogP contribution >= 0.6 is 11.6 Å². The summed E-state index contributed by atoms with van der Waals surface area (Å²) in [5.74, 6) is 0.159. The SMILES string of the molecule is C[C@H]1CCCN(Cc2c(O)ccc3c2O/C(=C\c2c(F)cccc2Cl)C3=O)C1. The number of likely N-dealkylation sites (tertiary alicyclic amines) is 1. The molecule has 1 N–H and O–H groups in total. The number of allylic oxidation sites excluding steroid dienone is 1. The molecule has 2 aromatic rings. The lowest BCUT2D eigenvalue weighted by atomic mass is 9.99. The number of piperidine rings is 1. The number of carbonyl (C=O) groups excluding carboxylic acids is 1. The second-order valence-electron chi connectivity index (χ2n) is 7.50. The second-order valence-corrected chi connectivity index (χ2v) is 7.90. The molecule has 146 valence electrons. The van der Waals surface area contributed by atoms with Crippen LogP contribution in [0.5, 0.6) is 11.5 Å². The highest BCUT2D eigenvalue weighted by Crippen LogP contribution is 2.41. The fraction of sp³-hybridized carbons (Fsp3) is 0.318. The summed E-state index contributed by atoms with van der Waals surface area (Å²) in [4.78, 5) is 15.0. The Morgan fingerprint density at radius 1 is 1.36 bits per heavy atom. The number of ether oxygens (including phenoxy) is 1. The molecule has 6 heteroatoms. The Balaban J connectivity index is 1.68. The highest BCUT2D eigenvalue weighted by Gasteiger charge is 2.32. The first-order valence-corrected chi connectivity index (χ1v) is 9.77. The number of hydrogen-bond donors (Lipinski definition) is 1. The van der Waals surface area contributed by atoms with Gasteiger partial charge in [-0.3, -0.25) is 9.69 Å². The molecule has 4 rings (SSSR count). The van der Waals surface area contributed by atoms with Gasteiger partial charge in [0.05, 0.1) is 16.1 Å². The van der Waals surface area contributed by atoms with Crippen molar-refractivity contribution in [3.63, 3.8) is 0 Å². The summed E-state index contributed by atoms with van der Waals surface area (Å²) in [7, 11) is 0. The van der Waals surface area contributed by atoms with E-state index in [2.05, 4.69) is 11.8 Å². The van der Waals surface area contributed by atoms with Gasteiger partial charge in [-0.2, -0.15) is 0 Å². The molecule has 0 amide bonds. The molecule has 0 unspecified atom stereocenters. The van der Waals surface area contributed by atoms with Crippen molar-refractivity contribution >= 4 is 23.5 Å². The van der Waals surface area contributed by atoms with Gasteiger partial charge in [-0.25, -0.2) is 4.39 Å². The molecule has 1 fully saturated rings. The first-order valence-electron chi connectivity index (χ1n) is 9.39. The third-order valence-electron chi connectivity index (χ3n) is 5.31. The molecule has 1 atom stereocenters. The van der Waals surface area contributed by atoms with Crippen molar-refractivity contribution in [1.29, 1.82) is 0 Å². The number of hydrogen-bond acceptors (Lipinski definition) is 4. The van der Waals surface area contributed by atoms with Crippen molar-refractivity contribution in [3.8, 4) is 11.5 Å². The van der Waals surface area contributed by atoms with Crippen LogP contribution in [0.4, 0.5) is 4.39 Å². The predicted octanol–water partition coefficient (Wildman–Crippen LogP) is 5.03. The van der Waals surface area contributed by atoms with Gasteiger partial charge >= 0.3 is 0 Å². The van der Waals surface area contributed by atoms with Crippen LogP contribution in [-0.2, 0) is 6.54 Å². The molecular formula is C22H21ClFNO3. The van der Waals surface area contributed by atoms with Gasteiger partial charge < -0.3 is 9.84 Å². The van der Waals surface area contributed by atoms with Crippen LogP contribution in [0.2, 0.25) is 5.02 Å². The summed E-state index contributed by atoms with van der Waals surface area (Å²) in [6, 6.07) is 7.39. The average molecular weight is 402 g/mol. The highest BCUT2D eigenvalue weighted by molar-refractivity contribution is 6.32. The molecule has 0 aromatic heterocycles. The molecule has 28 heavy (non-hydrogen) atoms. The van der Waals surface area contributed by atoms with Crippen molar-refractivity contribution in [2.75, 3.05) is 13.1 Å². The second kappa shape index (κ2) is 7.57. The van der Waals surface area contributed by atoms with E-state index in [1.54, 1.807) is 12.1 Å². The zero-order valence-electron chi connectivity index (χ0n) is 15.5. The third-order valence-corrected chi connectivity index (χ3v) is 5.64. The maximum atomic E-state index is 14.1. The van der Waals surface area contributed by atoms with Gasteiger partial charge in [0, 0.05) is 18.7 Å². The number of ketones is 1. The number of phenolic OH excluding ortho intramolecular Hbond substituents is 1. The third kappa shape index (κ3) is 3.52. The molecule has 0 bridgehead atoms. The minimum atomic E-state index is -0.530. The minimum Gasteiger partial charge on any atom is -0.507 e. The van der Waals surface area contributed by atoms with Crippen molar-refractivity contribution in [1.82, 2.24) is 4.90 Å². The normalized spacial score (nSPS) is 21.0. The fourth-order valence-electron chi connectivity index (χ4n) is 3.88. The summed E-state index contributed by atoms with van der Waals surface area (Å²) < 4.78 is 19.9. The maximum absolute atomic E-state index is 14.1. The standard InChI is InChI=1S/C22H21ClFNO3/c1-13-4-3-9-25(11-13)12-16-19(26)8-7-14-21(27)20(28-22(14)16)10-15-17(23)5-2-6-18(15)24/h2,5-8,10,13,26H,3-4,9,11-12H2,1H3/b20-10-/t13-/m0/s1. The van der Waals surface area contributed by atoms with Crippen molar-refractivity contribution in [3.05, 3.63) is 63.6 Å². The van der Waals surface area contributed by atoms with E-state index in [-0.39, 0.29) is 27.9 Å². The molecule has 2 heterocycles. The lowest BCUT2D eigenvalue weighted by Gasteiger charge is -2.31. The average Bonchev–Trinajstić information content (AvgIpc) is 2.97. The van der Waals surface area contributed by atoms with Crippen molar-refractivity contribution in [2.24, 2.45) is 5.92 Å². The van der Waals surface area contributed by atoms with E-state index in [1.807, 2.05) is 0 Å². The molecule has 0 radical (unpaired) electrons. The van der Waals surface area contributed by atoms with E-state index < -0.39 is 5.82 Å². The molecule has 0 aliphatic carbocycles. The van der Waals surface area contributed by atoms with Crippen LogP contribution < -0.4 is 4.74 Å². The van der Waals surface area contributed by atoms with Crippen LogP contribution in [0.3, 0.4) is 0 Å². The summed E-state index contributed by atoms with van der Waals surface area (Å²) in [6.45, 7) is 4.58. The number of halogens is 2. The zero-order valence-corrected chi connectivity index (χ0v) is 16.3. The lowest BCUT2D eigenvalue weighted by molar-refractivity contribution is 0.101. The van der Waals surface area contributed by atoms with Crippen LogP contribution in [0, 0.1) is 11.7 Å². The fourth-order valence-corrected chi connectivity index (χ4v) is 4.10. The number of fused-ring (bicyclic) bond motifs is 1. The largest absolute Gasteiger partial charge is 0.507 e. The van der Waals surface area contributed by atoms with E-state index in [0.717, 1.165) is 19.5 Å². The van der Waals surface area contributed by atoms with Gasteiger partial charge in [-0.1, -0.05) is 24.6 Å². The van der Waals surface area contributed by atoms with Crippen molar-refractivity contribution in [2.45, 2.75) is 26.3 Å². The first kappa shape index (κ1) is 19.0. The summed E-state index contributed by atoms with van der Waals surface area (Å²) in [5, 5.41) is 10.6. The first-order chi connectivity index (χ1) is 13.4. The van der Waals surface area contributed by atoms with Gasteiger partial charge in [0.25, 0.3) is 0 Å². The van der Waals surface area contributed by atoms with Crippen LogP contribution in [0.1, 0.15) is 41.3 Å². The van der Waals surface area contributed by atoms with Gasteiger partial charge in [-0.15, -0.1) is 0 Å². The van der Waals surface area contributed by atoms with E-state index in [4.69, 9.17) is 16.3 Å². The van der Waals surface area contributed by atoms with Crippen LogP contribution in [0.25, 0.3) is 6.08 Å². The smallest absolute Gasteiger partial charge is 0.231 e. The molecule has 2 aliphatic heterocycles. The highest BCUT2D eigenvalue weighted by atomic mass is 35.5. The van der Waals surface area contributed by atoms with Crippen LogP contribution in [-0.4, -0.2) is 28.9 Å². The Labute approximate surface area is 168 Å². The van der Waals surface area contributed by atoms with Crippen molar-refractivity contribution < 1.29 is 19.0 Å². The minimum absolute atomic E-state index is 0.000798. The van der Waals surface area contributed by atoms with E-state index in [1.165, 1.54) is 30.7 Å². The topological polar surface area (TPSA) is 49.8 Å². The quantitative estimate of drug-likeness (QED) is 0.732. The maximum Gasteiger partial charge on any atom is 0.231 e. The Hall–Kier alpha value is -2.37. The van der Waals surface area contributed by atoms with Gasteiger partial charge in [0.15, 0.2) is 5.76 Å². The Morgan fingerprint density at radius 2 is 2.18 bits per heavy atom. The number of Topliss-reactive ketones (excluding diaryl/α,β-unsaturated/α-hetero) is 1. The number of rotatable bonds is 3. The van der Waals surface area contributed by atoms with Crippen LogP contribution in [0.15, 0.2) is 36.1 Å². The molecule has 0 spiro atoms. The van der Waals surface area contributed by atoms with Gasteiger partial charge in [0.2, 0.25) is 5.78 Å². The predicted molar refractivity (Wildman–Crippen MR) is 106 cm³/mol.